The van der Waals surface area contributed by atoms with Gasteiger partial charge < -0.3 is 0 Å². The third-order valence-electron chi connectivity index (χ3n) is 3.61. The maximum Gasteiger partial charge on any atom is 0.0123 e. The van der Waals surface area contributed by atoms with Crippen LogP contribution in [-0.2, 0) is 0 Å². The first-order valence-corrected chi connectivity index (χ1v) is 7.60. The van der Waals surface area contributed by atoms with Gasteiger partial charge in [0.15, 0.2) is 0 Å². The Bertz CT molecular complexity index is 331. The molecule has 1 fully saturated rings. The molecule has 17 heavy (non-hydrogen) atoms. The van der Waals surface area contributed by atoms with Crippen molar-refractivity contribution in [2.75, 3.05) is 0 Å². The minimum atomic E-state index is 0.825. The van der Waals surface area contributed by atoms with Gasteiger partial charge in [0.2, 0.25) is 0 Å². The molecule has 1 aliphatic carbocycles. The minimum absolute atomic E-state index is 0.825. The molecule has 2 rings (SSSR count). The molecule has 1 aliphatic rings. The number of benzene rings is 1. The molecular formula is C16H22S. The molecule has 2 atom stereocenters. The Morgan fingerprint density at radius 1 is 1.18 bits per heavy atom. The quantitative estimate of drug-likeness (QED) is 0.635. The third-order valence-corrected chi connectivity index (χ3v) is 5.08. The van der Waals surface area contributed by atoms with Crippen LogP contribution in [0.25, 0.3) is 0 Å². The summed E-state index contributed by atoms with van der Waals surface area (Å²) >= 11 is 2.09. The van der Waals surface area contributed by atoms with E-state index in [1.54, 1.807) is 0 Å². The van der Waals surface area contributed by atoms with Crippen molar-refractivity contribution in [2.24, 2.45) is 5.92 Å². The normalized spacial score (nSPS) is 24.5. The zero-order valence-corrected chi connectivity index (χ0v) is 11.3. The van der Waals surface area contributed by atoms with E-state index < -0.39 is 0 Å². The molecule has 0 aliphatic heterocycles. The van der Waals surface area contributed by atoms with Crippen molar-refractivity contribution in [2.45, 2.75) is 48.7 Å². The molecule has 0 nitrogen and oxygen atoms in total. The van der Waals surface area contributed by atoms with E-state index in [1.165, 1.54) is 43.4 Å². The number of allylic oxidation sites excluding steroid dienone is 1. The average molecular weight is 246 g/mol. The highest BCUT2D eigenvalue weighted by Gasteiger charge is 2.25. The van der Waals surface area contributed by atoms with Crippen molar-refractivity contribution in [1.82, 2.24) is 0 Å². The standard InChI is InChI=1S/C16H22S/c1-2-3-9-14-10-7-8-13-16(14)17-15-11-5-4-6-12-15/h2,4-6,11-12,14,16H,1,3,7-10,13H2. The summed E-state index contributed by atoms with van der Waals surface area (Å²) in [6, 6.07) is 10.9. The molecule has 0 spiro atoms. The fraction of sp³-hybridized carbons (Fsp3) is 0.500. The highest BCUT2D eigenvalue weighted by molar-refractivity contribution is 8.00. The Labute approximate surface area is 110 Å². The summed E-state index contributed by atoms with van der Waals surface area (Å²) in [5.41, 5.74) is 0. The lowest BCUT2D eigenvalue weighted by atomic mass is 9.85. The van der Waals surface area contributed by atoms with Gasteiger partial charge in [-0.3, -0.25) is 0 Å². The second kappa shape index (κ2) is 6.90. The van der Waals surface area contributed by atoms with Crippen LogP contribution in [0.3, 0.4) is 0 Å². The number of hydrogen-bond acceptors (Lipinski definition) is 1. The second-order valence-electron chi connectivity index (χ2n) is 4.88. The lowest BCUT2D eigenvalue weighted by molar-refractivity contribution is 0.352. The maximum atomic E-state index is 3.85. The Morgan fingerprint density at radius 2 is 1.94 bits per heavy atom. The molecule has 0 saturated heterocycles. The molecule has 0 N–H and O–H groups in total. The lowest BCUT2D eigenvalue weighted by Crippen LogP contribution is -2.21. The monoisotopic (exact) mass is 246 g/mol. The van der Waals surface area contributed by atoms with Gasteiger partial charge in [0.25, 0.3) is 0 Å². The van der Waals surface area contributed by atoms with Crippen molar-refractivity contribution in [1.29, 1.82) is 0 Å². The van der Waals surface area contributed by atoms with Crippen LogP contribution in [0.1, 0.15) is 38.5 Å². The van der Waals surface area contributed by atoms with Crippen LogP contribution in [0, 0.1) is 5.92 Å². The molecule has 92 valence electrons. The second-order valence-corrected chi connectivity index (χ2v) is 6.19. The van der Waals surface area contributed by atoms with Gasteiger partial charge in [0, 0.05) is 10.1 Å². The van der Waals surface area contributed by atoms with Crippen LogP contribution in [0.2, 0.25) is 0 Å². The summed E-state index contributed by atoms with van der Waals surface area (Å²) in [4.78, 5) is 1.43. The summed E-state index contributed by atoms with van der Waals surface area (Å²) in [5.74, 6) is 0.895. The van der Waals surface area contributed by atoms with Crippen molar-refractivity contribution >= 4 is 11.8 Å². The molecule has 0 bridgehead atoms. The summed E-state index contributed by atoms with van der Waals surface area (Å²) in [5, 5.41) is 0.825. The van der Waals surface area contributed by atoms with E-state index in [0.29, 0.717) is 0 Å². The maximum absolute atomic E-state index is 3.85. The SMILES string of the molecule is C=CCCC1CCCCC1Sc1ccccc1. The number of thioether (sulfide) groups is 1. The predicted octanol–water partition coefficient (Wildman–Crippen LogP) is 5.30. The highest BCUT2D eigenvalue weighted by atomic mass is 32.2. The first-order chi connectivity index (χ1) is 8.40. The zero-order chi connectivity index (χ0) is 11.9. The van der Waals surface area contributed by atoms with E-state index in [9.17, 15) is 0 Å². The first kappa shape index (κ1) is 12.8. The Hall–Kier alpha value is -0.690. The van der Waals surface area contributed by atoms with Crippen molar-refractivity contribution in [3.05, 3.63) is 43.0 Å². The van der Waals surface area contributed by atoms with Crippen LogP contribution in [-0.4, -0.2) is 5.25 Å². The third kappa shape index (κ3) is 3.92. The van der Waals surface area contributed by atoms with Crippen LogP contribution in [0.15, 0.2) is 47.9 Å². The fourth-order valence-corrected chi connectivity index (χ4v) is 4.08. The summed E-state index contributed by atoms with van der Waals surface area (Å²) in [6.07, 6.45) is 10.2. The van der Waals surface area contributed by atoms with Crippen LogP contribution in [0.5, 0.6) is 0 Å². The van der Waals surface area contributed by atoms with Gasteiger partial charge in [-0.25, -0.2) is 0 Å². The highest BCUT2D eigenvalue weighted by Crippen LogP contribution is 2.39. The van der Waals surface area contributed by atoms with E-state index >= 15 is 0 Å². The molecule has 2 unspecified atom stereocenters. The summed E-state index contributed by atoms with van der Waals surface area (Å²) in [6.45, 7) is 3.85. The summed E-state index contributed by atoms with van der Waals surface area (Å²) in [7, 11) is 0. The van der Waals surface area contributed by atoms with E-state index in [4.69, 9.17) is 0 Å². The molecule has 1 aromatic carbocycles. The first-order valence-electron chi connectivity index (χ1n) is 6.73. The average Bonchev–Trinajstić information content (AvgIpc) is 2.39. The zero-order valence-electron chi connectivity index (χ0n) is 10.5. The molecular weight excluding hydrogens is 224 g/mol. The molecule has 0 heterocycles. The number of hydrogen-bond donors (Lipinski definition) is 0. The van der Waals surface area contributed by atoms with Gasteiger partial charge in [0.1, 0.15) is 0 Å². The molecule has 0 aromatic heterocycles. The molecule has 0 amide bonds. The molecule has 1 heteroatoms. The lowest BCUT2D eigenvalue weighted by Gasteiger charge is -2.31. The van der Waals surface area contributed by atoms with Gasteiger partial charge >= 0.3 is 0 Å². The molecule has 1 aromatic rings. The van der Waals surface area contributed by atoms with E-state index in [-0.39, 0.29) is 0 Å². The topological polar surface area (TPSA) is 0 Å². The van der Waals surface area contributed by atoms with Crippen molar-refractivity contribution < 1.29 is 0 Å². The minimum Gasteiger partial charge on any atom is -0.122 e. The van der Waals surface area contributed by atoms with Crippen LogP contribution >= 0.6 is 11.8 Å². The van der Waals surface area contributed by atoms with Gasteiger partial charge in [-0.2, -0.15) is 0 Å². The van der Waals surface area contributed by atoms with Crippen molar-refractivity contribution in [3.8, 4) is 0 Å². The Kier molecular flexibility index (Phi) is 5.18. The van der Waals surface area contributed by atoms with Gasteiger partial charge in [0.05, 0.1) is 0 Å². The largest absolute Gasteiger partial charge is 0.122 e. The Morgan fingerprint density at radius 3 is 2.71 bits per heavy atom. The van der Waals surface area contributed by atoms with Crippen LogP contribution in [0.4, 0.5) is 0 Å². The van der Waals surface area contributed by atoms with E-state index in [1.807, 2.05) is 0 Å². The van der Waals surface area contributed by atoms with Gasteiger partial charge in [-0.1, -0.05) is 37.1 Å². The van der Waals surface area contributed by atoms with E-state index in [0.717, 1.165) is 11.2 Å². The predicted molar refractivity (Wildman–Crippen MR) is 77.5 cm³/mol. The Balaban J connectivity index is 1.94. The van der Waals surface area contributed by atoms with Gasteiger partial charge in [-0.05, 0) is 43.7 Å². The smallest absolute Gasteiger partial charge is 0.0123 e. The molecule has 1 saturated carbocycles. The molecule has 0 radical (unpaired) electrons. The van der Waals surface area contributed by atoms with Crippen molar-refractivity contribution in [3.63, 3.8) is 0 Å². The fourth-order valence-electron chi connectivity index (χ4n) is 2.66. The van der Waals surface area contributed by atoms with Crippen LogP contribution < -0.4 is 0 Å². The summed E-state index contributed by atoms with van der Waals surface area (Å²) < 4.78 is 0. The van der Waals surface area contributed by atoms with Gasteiger partial charge in [-0.15, -0.1) is 18.3 Å². The van der Waals surface area contributed by atoms with E-state index in [2.05, 4.69) is 54.7 Å². The number of rotatable bonds is 5.